The Hall–Kier alpha value is -2.68. The largest absolute Gasteiger partial charge is 0.493 e. The molecule has 26 heavy (non-hydrogen) atoms. The summed E-state index contributed by atoms with van der Waals surface area (Å²) in [5.74, 6) is -1.19. The summed E-state index contributed by atoms with van der Waals surface area (Å²) in [6.45, 7) is -3.28. The maximum Gasteiger partial charge on any atom is 0.387 e. The minimum atomic E-state index is -3.01. The minimum absolute atomic E-state index is 0.0179. The van der Waals surface area contributed by atoms with Crippen molar-refractivity contribution in [3.8, 4) is 11.5 Å². The maximum atomic E-state index is 12.3. The highest BCUT2D eigenvalue weighted by Crippen LogP contribution is 2.29. The summed E-state index contributed by atoms with van der Waals surface area (Å²) >= 11 is 3.30. The van der Waals surface area contributed by atoms with Gasteiger partial charge in [0.2, 0.25) is 5.91 Å². The molecule has 0 atom stereocenters. The number of halogens is 3. The number of carbonyl (C=O) groups is 2. The van der Waals surface area contributed by atoms with E-state index in [1.165, 1.54) is 25.3 Å². The first kappa shape index (κ1) is 19.6. The Balaban J connectivity index is 1.97. The van der Waals surface area contributed by atoms with E-state index in [4.69, 9.17) is 4.74 Å². The lowest BCUT2D eigenvalue weighted by molar-refractivity contribution is -0.115. The minimum Gasteiger partial charge on any atom is -0.493 e. The van der Waals surface area contributed by atoms with Crippen molar-refractivity contribution in [1.29, 1.82) is 0 Å². The first-order valence-electron chi connectivity index (χ1n) is 7.36. The van der Waals surface area contributed by atoms with E-state index in [0.717, 1.165) is 0 Å². The average Bonchev–Trinajstić information content (AvgIpc) is 2.61. The number of rotatable bonds is 7. The van der Waals surface area contributed by atoms with Crippen molar-refractivity contribution in [2.45, 2.75) is 6.61 Å². The van der Waals surface area contributed by atoms with E-state index in [2.05, 4.69) is 31.3 Å². The van der Waals surface area contributed by atoms with Crippen molar-refractivity contribution >= 4 is 33.4 Å². The molecule has 2 aromatic carbocycles. The van der Waals surface area contributed by atoms with Crippen molar-refractivity contribution in [3.63, 3.8) is 0 Å². The third kappa shape index (κ3) is 5.41. The van der Waals surface area contributed by atoms with E-state index in [1.54, 1.807) is 24.3 Å². The van der Waals surface area contributed by atoms with Crippen molar-refractivity contribution in [2.75, 3.05) is 19.0 Å². The Labute approximate surface area is 156 Å². The Morgan fingerprint density at radius 1 is 1.15 bits per heavy atom. The molecule has 0 aliphatic carbocycles. The molecule has 0 bridgehead atoms. The molecule has 9 heteroatoms. The van der Waals surface area contributed by atoms with Crippen molar-refractivity contribution in [1.82, 2.24) is 5.32 Å². The van der Waals surface area contributed by atoms with Gasteiger partial charge in [0.25, 0.3) is 5.91 Å². The smallest absolute Gasteiger partial charge is 0.387 e. The number of anilines is 1. The number of ether oxygens (including phenoxy) is 2. The number of benzene rings is 2. The molecule has 0 unspecified atom stereocenters. The number of nitrogens with one attached hydrogen (secondary N) is 2. The lowest BCUT2D eigenvalue weighted by Crippen LogP contribution is -2.32. The second-order valence-electron chi connectivity index (χ2n) is 4.95. The van der Waals surface area contributed by atoms with Crippen LogP contribution in [0.5, 0.6) is 11.5 Å². The van der Waals surface area contributed by atoms with Gasteiger partial charge in [-0.2, -0.15) is 8.78 Å². The van der Waals surface area contributed by atoms with Gasteiger partial charge in [0, 0.05) is 10.0 Å². The Morgan fingerprint density at radius 2 is 1.88 bits per heavy atom. The SMILES string of the molecule is COc1cc(C(=O)NCC(=O)Nc2ccccc2Br)ccc1OC(F)F. The summed E-state index contributed by atoms with van der Waals surface area (Å²) in [5, 5.41) is 5.08. The van der Waals surface area contributed by atoms with Crippen LogP contribution in [0, 0.1) is 0 Å². The molecule has 2 rings (SSSR count). The maximum absolute atomic E-state index is 12.3. The molecule has 0 aromatic heterocycles. The van der Waals surface area contributed by atoms with Crippen LogP contribution in [0.3, 0.4) is 0 Å². The fourth-order valence-electron chi connectivity index (χ4n) is 2.02. The van der Waals surface area contributed by atoms with Gasteiger partial charge < -0.3 is 20.1 Å². The van der Waals surface area contributed by atoms with Crippen LogP contribution in [0.1, 0.15) is 10.4 Å². The van der Waals surface area contributed by atoms with E-state index in [0.29, 0.717) is 10.2 Å². The van der Waals surface area contributed by atoms with Crippen LogP contribution in [0.25, 0.3) is 0 Å². The van der Waals surface area contributed by atoms with Crippen LogP contribution >= 0.6 is 15.9 Å². The number of carbonyl (C=O) groups excluding carboxylic acids is 2. The van der Waals surface area contributed by atoms with Crippen LogP contribution in [-0.2, 0) is 4.79 Å². The Morgan fingerprint density at radius 3 is 2.54 bits per heavy atom. The van der Waals surface area contributed by atoms with Gasteiger partial charge in [-0.3, -0.25) is 9.59 Å². The number of hydrogen-bond acceptors (Lipinski definition) is 4. The lowest BCUT2D eigenvalue weighted by atomic mass is 10.2. The number of alkyl halides is 2. The molecule has 0 fully saturated rings. The van der Waals surface area contributed by atoms with E-state index in [1.807, 2.05) is 0 Å². The van der Waals surface area contributed by atoms with E-state index < -0.39 is 18.4 Å². The van der Waals surface area contributed by atoms with Gasteiger partial charge >= 0.3 is 6.61 Å². The van der Waals surface area contributed by atoms with E-state index in [9.17, 15) is 18.4 Å². The highest BCUT2D eigenvalue weighted by Gasteiger charge is 2.15. The van der Waals surface area contributed by atoms with Gasteiger partial charge in [-0.05, 0) is 46.3 Å². The average molecular weight is 429 g/mol. The standard InChI is InChI=1S/C17H15BrF2N2O4/c1-25-14-8-10(6-7-13(14)26-17(19)20)16(24)21-9-15(23)22-12-5-3-2-4-11(12)18/h2-8,17H,9H2,1H3,(H,21,24)(H,22,23). The second kappa shape index (κ2) is 9.14. The van der Waals surface area contributed by atoms with Crippen LogP contribution in [0.4, 0.5) is 14.5 Å². The number of methoxy groups -OCH3 is 1. The molecule has 2 N–H and O–H groups in total. The lowest BCUT2D eigenvalue weighted by Gasteiger charge is -2.12. The normalized spacial score (nSPS) is 10.3. The molecule has 0 saturated carbocycles. The molecule has 0 radical (unpaired) electrons. The molecule has 0 aliphatic heterocycles. The van der Waals surface area contributed by atoms with E-state index >= 15 is 0 Å². The van der Waals surface area contributed by atoms with Gasteiger partial charge in [0.1, 0.15) is 0 Å². The third-order valence-electron chi connectivity index (χ3n) is 3.20. The molecule has 0 spiro atoms. The monoisotopic (exact) mass is 428 g/mol. The second-order valence-corrected chi connectivity index (χ2v) is 5.81. The molecular weight excluding hydrogens is 414 g/mol. The zero-order chi connectivity index (χ0) is 19.1. The van der Waals surface area contributed by atoms with Crippen LogP contribution in [-0.4, -0.2) is 32.1 Å². The number of hydrogen-bond donors (Lipinski definition) is 2. The predicted molar refractivity (Wildman–Crippen MR) is 94.7 cm³/mol. The summed E-state index contributed by atoms with van der Waals surface area (Å²) in [6.07, 6.45) is 0. The fourth-order valence-corrected chi connectivity index (χ4v) is 2.41. The highest BCUT2D eigenvalue weighted by molar-refractivity contribution is 9.10. The molecule has 6 nitrogen and oxygen atoms in total. The molecule has 0 aliphatic rings. The van der Waals surface area contributed by atoms with Gasteiger partial charge in [-0.15, -0.1) is 0 Å². The topological polar surface area (TPSA) is 76.7 Å². The third-order valence-corrected chi connectivity index (χ3v) is 3.89. The first-order valence-corrected chi connectivity index (χ1v) is 8.15. The summed E-state index contributed by atoms with van der Waals surface area (Å²) in [5.41, 5.74) is 0.707. The molecule has 138 valence electrons. The fraction of sp³-hybridized carbons (Fsp3) is 0.176. The number of para-hydroxylation sites is 1. The summed E-state index contributed by atoms with van der Waals surface area (Å²) in [4.78, 5) is 24.0. The quantitative estimate of drug-likeness (QED) is 0.708. The van der Waals surface area contributed by atoms with Crippen LogP contribution in [0.15, 0.2) is 46.9 Å². The Bertz CT molecular complexity index is 802. The zero-order valence-electron chi connectivity index (χ0n) is 13.6. The summed E-state index contributed by atoms with van der Waals surface area (Å²) < 4.78 is 34.5. The summed E-state index contributed by atoms with van der Waals surface area (Å²) in [7, 11) is 1.26. The summed E-state index contributed by atoms with van der Waals surface area (Å²) in [6, 6.07) is 10.8. The van der Waals surface area contributed by atoms with Gasteiger partial charge in [-0.25, -0.2) is 0 Å². The molecule has 0 heterocycles. The zero-order valence-corrected chi connectivity index (χ0v) is 15.2. The predicted octanol–water partition coefficient (Wildman–Crippen LogP) is 3.43. The van der Waals surface area contributed by atoms with Gasteiger partial charge in [-0.1, -0.05) is 12.1 Å². The molecule has 2 aromatic rings. The molecule has 2 amide bonds. The van der Waals surface area contributed by atoms with E-state index in [-0.39, 0.29) is 23.6 Å². The first-order chi connectivity index (χ1) is 12.4. The van der Waals surface area contributed by atoms with Crippen LogP contribution in [0.2, 0.25) is 0 Å². The van der Waals surface area contributed by atoms with Crippen LogP contribution < -0.4 is 20.1 Å². The molecule has 0 saturated heterocycles. The van der Waals surface area contributed by atoms with Crippen molar-refractivity contribution in [3.05, 3.63) is 52.5 Å². The van der Waals surface area contributed by atoms with Gasteiger partial charge in [0.05, 0.1) is 19.3 Å². The van der Waals surface area contributed by atoms with Crippen molar-refractivity contribution < 1.29 is 27.8 Å². The number of amides is 2. The molecular formula is C17H15BrF2N2O4. The highest BCUT2D eigenvalue weighted by atomic mass is 79.9. The van der Waals surface area contributed by atoms with Crippen molar-refractivity contribution in [2.24, 2.45) is 0 Å². The van der Waals surface area contributed by atoms with Gasteiger partial charge in [0.15, 0.2) is 11.5 Å². The Kier molecular flexibility index (Phi) is 6.90.